The Morgan fingerprint density at radius 2 is 1.27 bits per heavy atom. The maximum atomic E-state index is 14.9. The minimum absolute atomic E-state index is 0.159. The lowest BCUT2D eigenvalue weighted by Gasteiger charge is -2.41. The average molecular weight is 435 g/mol. The molecular formula is C27H40ClFO. The van der Waals surface area contributed by atoms with Crippen molar-refractivity contribution in [2.45, 2.75) is 96.8 Å². The summed E-state index contributed by atoms with van der Waals surface area (Å²) in [5.74, 6) is 5.29. The summed E-state index contributed by atoms with van der Waals surface area (Å²) in [5, 5.41) is 0.159. The van der Waals surface area contributed by atoms with E-state index < -0.39 is 0 Å². The molecule has 0 aromatic heterocycles. The molecule has 1 nitrogen and oxygen atoms in total. The summed E-state index contributed by atoms with van der Waals surface area (Å²) in [6, 6.07) is 3.76. The van der Waals surface area contributed by atoms with Crippen LogP contribution in [0.3, 0.4) is 0 Å². The van der Waals surface area contributed by atoms with Crippen LogP contribution in [-0.2, 0) is 0 Å². The molecule has 0 atom stereocenters. The van der Waals surface area contributed by atoms with Crippen molar-refractivity contribution in [2.24, 2.45) is 29.6 Å². The minimum Gasteiger partial charge on any atom is -0.492 e. The smallest absolute Gasteiger partial charge is 0.149 e. The van der Waals surface area contributed by atoms with Gasteiger partial charge in [-0.05, 0) is 118 Å². The maximum absolute atomic E-state index is 14.9. The van der Waals surface area contributed by atoms with E-state index in [1.165, 1.54) is 64.2 Å². The van der Waals surface area contributed by atoms with Gasteiger partial charge in [-0.1, -0.05) is 37.4 Å². The summed E-state index contributed by atoms with van der Waals surface area (Å²) in [6.45, 7) is 4.83. The molecule has 0 radical (unpaired) electrons. The fraction of sp³-hybridized carbons (Fsp3) is 0.778. The molecule has 3 aliphatic carbocycles. The summed E-state index contributed by atoms with van der Waals surface area (Å²) in [4.78, 5) is 0. The molecule has 30 heavy (non-hydrogen) atoms. The van der Waals surface area contributed by atoms with Gasteiger partial charge in [0.15, 0.2) is 0 Å². The van der Waals surface area contributed by atoms with Crippen LogP contribution in [0, 0.1) is 35.4 Å². The molecule has 1 aromatic carbocycles. The Bertz CT molecular complexity index is 680. The molecule has 0 saturated heterocycles. The second-order valence-corrected chi connectivity index (χ2v) is 10.9. The predicted octanol–water partition coefficient (Wildman–Crippen LogP) is 8.78. The Morgan fingerprint density at radius 1 is 0.800 bits per heavy atom. The molecule has 3 saturated carbocycles. The van der Waals surface area contributed by atoms with Crippen LogP contribution in [0.15, 0.2) is 12.1 Å². The normalized spacial score (nSPS) is 35.2. The fourth-order valence-electron chi connectivity index (χ4n) is 6.88. The molecule has 4 rings (SSSR count). The first-order chi connectivity index (χ1) is 14.6. The number of rotatable bonds is 5. The highest BCUT2D eigenvalue weighted by atomic mass is 35.5. The summed E-state index contributed by atoms with van der Waals surface area (Å²) < 4.78 is 20.3. The van der Waals surface area contributed by atoms with Gasteiger partial charge in [-0.15, -0.1) is 0 Å². The van der Waals surface area contributed by atoms with E-state index in [1.807, 2.05) is 19.1 Å². The van der Waals surface area contributed by atoms with Gasteiger partial charge >= 0.3 is 0 Å². The zero-order chi connectivity index (χ0) is 21.1. The van der Waals surface area contributed by atoms with Crippen molar-refractivity contribution in [3.63, 3.8) is 0 Å². The third kappa shape index (κ3) is 5.00. The van der Waals surface area contributed by atoms with Gasteiger partial charge in [0.05, 0.1) is 6.61 Å². The molecular weight excluding hydrogens is 395 g/mol. The van der Waals surface area contributed by atoms with E-state index in [0.29, 0.717) is 18.3 Å². The monoisotopic (exact) mass is 434 g/mol. The highest BCUT2D eigenvalue weighted by molar-refractivity contribution is 6.32. The molecule has 0 aliphatic heterocycles. The van der Waals surface area contributed by atoms with Crippen LogP contribution in [0.5, 0.6) is 5.75 Å². The molecule has 0 N–H and O–H groups in total. The number of halogens is 2. The van der Waals surface area contributed by atoms with Gasteiger partial charge < -0.3 is 4.74 Å². The van der Waals surface area contributed by atoms with E-state index in [0.717, 1.165) is 48.0 Å². The lowest BCUT2D eigenvalue weighted by Crippen LogP contribution is -2.29. The Balaban J connectivity index is 1.27. The average Bonchev–Trinajstić information content (AvgIpc) is 2.78. The highest BCUT2D eigenvalue weighted by Gasteiger charge is 2.35. The molecule has 3 aliphatic rings. The summed E-state index contributed by atoms with van der Waals surface area (Å²) in [7, 11) is 0. The van der Waals surface area contributed by atoms with Crippen molar-refractivity contribution in [2.75, 3.05) is 6.61 Å². The van der Waals surface area contributed by atoms with Crippen LogP contribution in [-0.4, -0.2) is 6.61 Å². The highest BCUT2D eigenvalue weighted by Crippen LogP contribution is 2.48. The van der Waals surface area contributed by atoms with Gasteiger partial charge in [0.1, 0.15) is 16.6 Å². The van der Waals surface area contributed by atoms with E-state index in [2.05, 4.69) is 6.92 Å². The Kier molecular flexibility index (Phi) is 7.66. The summed E-state index contributed by atoms with van der Waals surface area (Å²) in [5.41, 5.74) is 0.803. The second-order valence-electron chi connectivity index (χ2n) is 10.5. The molecule has 0 heterocycles. The van der Waals surface area contributed by atoms with Crippen molar-refractivity contribution >= 4 is 11.6 Å². The molecule has 1 aromatic rings. The van der Waals surface area contributed by atoms with Crippen molar-refractivity contribution < 1.29 is 9.13 Å². The number of hydrogen-bond acceptors (Lipinski definition) is 1. The van der Waals surface area contributed by atoms with Gasteiger partial charge in [-0.3, -0.25) is 0 Å². The SMILES string of the molecule is CCOc1ccc(C2CCC(C3CCC(C4CCC(C)CC4)CC3)CC2)c(F)c1Cl. The topological polar surface area (TPSA) is 9.23 Å². The number of hydrogen-bond donors (Lipinski definition) is 0. The first-order valence-corrected chi connectivity index (χ1v) is 13.0. The second kappa shape index (κ2) is 10.2. The Morgan fingerprint density at radius 3 is 1.77 bits per heavy atom. The van der Waals surface area contributed by atoms with E-state index in [4.69, 9.17) is 16.3 Å². The van der Waals surface area contributed by atoms with Crippen molar-refractivity contribution in [1.29, 1.82) is 0 Å². The summed E-state index contributed by atoms with van der Waals surface area (Å²) in [6.07, 6.45) is 16.4. The molecule has 0 spiro atoms. The zero-order valence-corrected chi connectivity index (χ0v) is 19.7. The van der Waals surface area contributed by atoms with Gasteiger partial charge in [0.2, 0.25) is 0 Å². The quantitative estimate of drug-likeness (QED) is 0.449. The molecule has 3 heteroatoms. The van der Waals surface area contributed by atoms with Crippen LogP contribution in [0.4, 0.5) is 4.39 Å². The molecule has 0 unspecified atom stereocenters. The number of ether oxygens (including phenoxy) is 1. The molecule has 3 fully saturated rings. The standard InChI is InChI=1S/C27H40ClFO/c1-3-30-25-17-16-24(27(29)26(25)28)23-14-12-22(13-15-23)21-10-8-20(9-11-21)19-6-4-18(2)5-7-19/h16-23H,3-15H2,1-2H3. The third-order valence-corrected chi connectivity index (χ3v) is 9.15. The Labute approximate surface area is 188 Å². The van der Waals surface area contributed by atoms with Crippen LogP contribution in [0.25, 0.3) is 0 Å². The van der Waals surface area contributed by atoms with E-state index in [1.54, 1.807) is 0 Å². The molecule has 0 bridgehead atoms. The van der Waals surface area contributed by atoms with Gasteiger partial charge in [-0.25, -0.2) is 4.39 Å². The van der Waals surface area contributed by atoms with Crippen LogP contribution in [0.1, 0.15) is 102 Å². The first kappa shape index (κ1) is 22.4. The minimum atomic E-state index is -0.256. The maximum Gasteiger partial charge on any atom is 0.149 e. The van der Waals surface area contributed by atoms with Gasteiger partial charge in [0.25, 0.3) is 0 Å². The Hall–Kier alpha value is -0.760. The van der Waals surface area contributed by atoms with Crippen LogP contribution >= 0.6 is 11.6 Å². The lowest BCUT2D eigenvalue weighted by molar-refractivity contribution is 0.112. The molecule has 168 valence electrons. The lowest BCUT2D eigenvalue weighted by atomic mass is 9.65. The van der Waals surface area contributed by atoms with Crippen LogP contribution in [0.2, 0.25) is 5.02 Å². The van der Waals surface area contributed by atoms with Crippen molar-refractivity contribution in [3.8, 4) is 5.75 Å². The third-order valence-electron chi connectivity index (χ3n) is 8.80. The van der Waals surface area contributed by atoms with Crippen molar-refractivity contribution in [3.05, 3.63) is 28.5 Å². The van der Waals surface area contributed by atoms with Crippen molar-refractivity contribution in [1.82, 2.24) is 0 Å². The number of benzene rings is 1. The fourth-order valence-corrected chi connectivity index (χ4v) is 7.10. The largest absolute Gasteiger partial charge is 0.492 e. The first-order valence-electron chi connectivity index (χ1n) is 12.7. The van der Waals surface area contributed by atoms with Gasteiger partial charge in [-0.2, -0.15) is 0 Å². The zero-order valence-electron chi connectivity index (χ0n) is 19.0. The van der Waals surface area contributed by atoms with E-state index >= 15 is 0 Å². The summed E-state index contributed by atoms with van der Waals surface area (Å²) >= 11 is 6.23. The van der Waals surface area contributed by atoms with E-state index in [-0.39, 0.29) is 10.8 Å². The molecule has 0 amide bonds. The van der Waals surface area contributed by atoms with E-state index in [9.17, 15) is 4.39 Å². The van der Waals surface area contributed by atoms with Gasteiger partial charge in [0, 0.05) is 0 Å². The van der Waals surface area contributed by atoms with Crippen LogP contribution < -0.4 is 4.74 Å². The predicted molar refractivity (Wildman–Crippen MR) is 124 cm³/mol.